The Bertz CT molecular complexity index is 2020. The largest absolute Gasteiger partial charge is 0.378 e. The van der Waals surface area contributed by atoms with Crippen molar-refractivity contribution in [2.24, 2.45) is 34.5 Å². The van der Waals surface area contributed by atoms with E-state index in [1.807, 2.05) is 72.3 Å². The fraction of sp³-hybridized carbons (Fsp3) is 0.645. The second-order valence-corrected chi connectivity index (χ2v) is 24.2. The number of nitrogens with zero attached hydrogens (tertiary/aromatic N) is 3. The fourth-order valence-corrected chi connectivity index (χ4v) is 8.80. The van der Waals surface area contributed by atoms with Gasteiger partial charge in [0.2, 0.25) is 0 Å². The van der Waals surface area contributed by atoms with Crippen molar-refractivity contribution in [3.8, 4) is 0 Å². The highest BCUT2D eigenvalue weighted by atomic mass is 19.1. The molecule has 0 spiro atoms. The Morgan fingerprint density at radius 2 is 0.729 bits per heavy atom. The molecule has 2 atom stereocenters. The average molecular weight is 1200 g/mol. The van der Waals surface area contributed by atoms with Crippen molar-refractivity contribution in [1.82, 2.24) is 15.0 Å². The predicted octanol–water partition coefficient (Wildman–Crippen LogP) is 24.2. The second-order valence-electron chi connectivity index (χ2n) is 24.2. The molecule has 0 radical (unpaired) electrons. The summed E-state index contributed by atoms with van der Waals surface area (Å²) in [7, 11) is 0. The monoisotopic (exact) mass is 1200 g/mol. The highest BCUT2D eigenvalue weighted by Crippen LogP contribution is 2.56. The number of halogens is 3. The third-order valence-corrected chi connectivity index (χ3v) is 15.2. The van der Waals surface area contributed by atoms with E-state index in [4.69, 9.17) is 14.2 Å². The molecule has 2 aromatic heterocycles. The third kappa shape index (κ3) is 43.0. The molecule has 6 fully saturated rings. The molecule has 0 N–H and O–H groups in total. The molecule has 3 aromatic carbocycles. The van der Waals surface area contributed by atoms with Gasteiger partial charge in [-0.2, -0.15) is 0 Å². The van der Waals surface area contributed by atoms with Crippen LogP contribution in [0.2, 0.25) is 0 Å². The minimum atomic E-state index is -0.475. The maximum Gasteiger partial charge on any atom is 0.154 e. The molecule has 4 aliphatic carbocycles. The van der Waals surface area contributed by atoms with Gasteiger partial charge >= 0.3 is 0 Å². The number of ether oxygens (including phenoxy) is 3. The summed E-state index contributed by atoms with van der Waals surface area (Å²) in [5, 5.41) is 0. The SMILES string of the molecule is C.C.C.C.C.C.C.C.CC12CCC(C)(CC1)CC2.CC1CCC(C)CC1.CC1CCC(C)OC1.CC1COC(C)OC1.Cc1cc(F)c(C)c(F)c1.Cc1ccc(C)c(F)c1.Cc1ccc(C)cc1.Cc1ccc(C)nc1.Cc1cnc(C)nc1. The van der Waals surface area contributed by atoms with E-state index in [2.05, 4.69) is 108 Å². The second kappa shape index (κ2) is 49.5. The number of pyridine rings is 1. The summed E-state index contributed by atoms with van der Waals surface area (Å²) in [6.07, 6.45) is 23.5. The first-order valence-electron chi connectivity index (χ1n) is 28.8. The number of hydrogen-bond donors (Lipinski definition) is 0. The molecule has 2 bridgehead atoms. The van der Waals surface area contributed by atoms with Crippen LogP contribution in [0.1, 0.15) is 248 Å². The lowest BCUT2D eigenvalue weighted by atomic mass is 9.55. The number of fused-ring (bicyclic) bond motifs is 3. The van der Waals surface area contributed by atoms with Crippen molar-refractivity contribution >= 4 is 0 Å². The Morgan fingerprint density at radius 3 is 1.04 bits per heavy atom. The lowest BCUT2D eigenvalue weighted by Gasteiger charge is -2.50. The van der Waals surface area contributed by atoms with Crippen LogP contribution < -0.4 is 0 Å². The normalized spacial score (nSPS) is 22.3. The van der Waals surface area contributed by atoms with Crippen molar-refractivity contribution in [2.45, 2.75) is 273 Å². The molecule has 11 rings (SSSR count). The molecule has 2 saturated heterocycles. The quantitative estimate of drug-likeness (QED) is 0.154. The number of hydrogen-bond acceptors (Lipinski definition) is 6. The molecule has 85 heavy (non-hydrogen) atoms. The topological polar surface area (TPSA) is 66.4 Å². The molecule has 4 heterocycles. The molecule has 9 heteroatoms. The van der Waals surface area contributed by atoms with E-state index in [9.17, 15) is 13.2 Å². The van der Waals surface area contributed by atoms with E-state index in [0.717, 1.165) is 71.0 Å². The van der Waals surface area contributed by atoms with Crippen LogP contribution in [0, 0.1) is 121 Å². The van der Waals surface area contributed by atoms with Gasteiger partial charge in [-0.15, -0.1) is 0 Å². The van der Waals surface area contributed by atoms with Gasteiger partial charge in [0.15, 0.2) is 6.29 Å². The third-order valence-electron chi connectivity index (χ3n) is 15.2. The maximum absolute atomic E-state index is 12.6. The van der Waals surface area contributed by atoms with Crippen LogP contribution in [0.25, 0.3) is 0 Å². The Morgan fingerprint density at radius 1 is 0.376 bits per heavy atom. The number of aryl methyl sites for hydroxylation is 9. The van der Waals surface area contributed by atoms with Crippen LogP contribution in [0.5, 0.6) is 0 Å². The highest BCUT2D eigenvalue weighted by Gasteiger charge is 2.43. The summed E-state index contributed by atoms with van der Waals surface area (Å²) in [6.45, 7) is 39.6. The van der Waals surface area contributed by atoms with Gasteiger partial charge in [-0.1, -0.05) is 180 Å². The van der Waals surface area contributed by atoms with Crippen LogP contribution >= 0.6 is 0 Å². The summed E-state index contributed by atoms with van der Waals surface area (Å²) in [6, 6.07) is 20.4. The summed E-state index contributed by atoms with van der Waals surface area (Å²) in [5.41, 5.74) is 9.97. The minimum Gasteiger partial charge on any atom is -0.378 e. The van der Waals surface area contributed by atoms with Crippen LogP contribution in [0.15, 0.2) is 85.3 Å². The molecular weight excluding hydrogens is 1060 g/mol. The van der Waals surface area contributed by atoms with E-state index in [0.29, 0.717) is 23.1 Å². The van der Waals surface area contributed by atoms with Gasteiger partial charge in [0, 0.05) is 42.4 Å². The molecule has 5 aromatic rings. The molecule has 2 unspecified atom stereocenters. The Balaban J connectivity index is -0.000000159. The average Bonchev–Trinajstić information content (AvgIpc) is 3.61. The summed E-state index contributed by atoms with van der Waals surface area (Å²) in [5.74, 6) is 3.18. The van der Waals surface area contributed by atoms with Crippen LogP contribution in [-0.4, -0.2) is 47.2 Å². The van der Waals surface area contributed by atoms with E-state index in [1.54, 1.807) is 19.9 Å². The van der Waals surface area contributed by atoms with Crippen LogP contribution in [-0.2, 0) is 14.2 Å². The van der Waals surface area contributed by atoms with E-state index >= 15 is 0 Å². The van der Waals surface area contributed by atoms with Gasteiger partial charge in [0.05, 0.1) is 19.3 Å². The number of aromatic nitrogens is 3. The van der Waals surface area contributed by atoms with Gasteiger partial charge < -0.3 is 14.2 Å². The van der Waals surface area contributed by atoms with Gasteiger partial charge in [-0.25, -0.2) is 23.1 Å². The highest BCUT2D eigenvalue weighted by molar-refractivity contribution is 5.24. The zero-order valence-electron chi connectivity index (χ0n) is 51.4. The molecule has 0 amide bonds. The van der Waals surface area contributed by atoms with Crippen molar-refractivity contribution in [1.29, 1.82) is 0 Å². The molecule has 2 aliphatic heterocycles. The zero-order valence-corrected chi connectivity index (χ0v) is 51.4. The van der Waals surface area contributed by atoms with E-state index < -0.39 is 11.6 Å². The van der Waals surface area contributed by atoms with Crippen molar-refractivity contribution in [3.05, 3.63) is 159 Å². The smallest absolute Gasteiger partial charge is 0.154 e. The van der Waals surface area contributed by atoms with E-state index in [-0.39, 0.29) is 77.1 Å². The first-order valence-corrected chi connectivity index (χ1v) is 28.8. The molecule has 6 nitrogen and oxygen atoms in total. The van der Waals surface area contributed by atoms with Gasteiger partial charge in [-0.3, -0.25) is 4.98 Å². The van der Waals surface area contributed by atoms with Crippen molar-refractivity contribution < 1.29 is 27.4 Å². The summed E-state index contributed by atoms with van der Waals surface area (Å²) in [4.78, 5) is 12.0. The standard InChI is InChI=1S/C10H18.C8H8F2.C8H9F.C8H16.C8H10.C7H9N.C7H14O.C6H8N2.C6H12O2.8CH4/c1-9-3-6-10(2,7-4-9)8-5-9;1-5-3-7(9)6(2)8(10)4-5;1-6-3-4-7(2)8(9)5-6;2*1-7-3-5-8(2)6-4-7;2*1-6-3-4-7(2)8-5-6;2*1-5-3-7-6(2)8-4-5;;;;;;;;/h3-8H2,1-2H3;3-4H,1-2H3;3-5H,1-2H3;7-8H,3-6H2,1-2H3;3-6H,1-2H3;3-5H,1-2H3;6-7H,3-5H2,1-2H3;3-4H,1-2H3;5-6H,3-4H2,1-2H3;8*1H4. The Kier molecular flexibility index (Phi) is 54.9. The van der Waals surface area contributed by atoms with Crippen molar-refractivity contribution in [3.63, 3.8) is 0 Å². The first kappa shape index (κ1) is 94.2. The number of rotatable bonds is 0. The fourth-order valence-electron chi connectivity index (χ4n) is 8.80. The van der Waals surface area contributed by atoms with Crippen LogP contribution in [0.4, 0.5) is 13.2 Å². The van der Waals surface area contributed by atoms with Gasteiger partial charge in [0.1, 0.15) is 23.3 Å². The van der Waals surface area contributed by atoms with Gasteiger partial charge in [0.25, 0.3) is 0 Å². The molecule has 6 aliphatic rings. The molecular formula is C76H136F3N3O3. The Hall–Kier alpha value is -4.44. The lowest BCUT2D eigenvalue weighted by molar-refractivity contribution is -0.187. The lowest BCUT2D eigenvalue weighted by Crippen LogP contribution is -2.37. The summed E-state index contributed by atoms with van der Waals surface area (Å²) >= 11 is 0. The van der Waals surface area contributed by atoms with Crippen molar-refractivity contribution in [2.75, 3.05) is 19.8 Å². The molecule has 4 saturated carbocycles. The Labute approximate surface area is 526 Å². The first-order chi connectivity index (χ1) is 36.2. The molecule has 494 valence electrons. The predicted molar refractivity (Wildman–Crippen MR) is 372 cm³/mol. The summed E-state index contributed by atoms with van der Waals surface area (Å²) < 4.78 is 53.5. The maximum atomic E-state index is 12.6. The van der Waals surface area contributed by atoms with Crippen LogP contribution in [0.3, 0.4) is 0 Å². The van der Waals surface area contributed by atoms with Gasteiger partial charge in [-0.05, 0) is 215 Å². The zero-order chi connectivity index (χ0) is 57.7. The number of benzene rings is 3. The van der Waals surface area contributed by atoms with E-state index in [1.165, 1.54) is 119 Å². The minimum absolute atomic E-state index is 0.